The summed E-state index contributed by atoms with van der Waals surface area (Å²) < 4.78 is 2.54. The Morgan fingerprint density at radius 3 is 2.48 bits per heavy atom. The van der Waals surface area contributed by atoms with Gasteiger partial charge in [-0.1, -0.05) is 36.4 Å². The number of hydrogen-bond acceptors (Lipinski definition) is 3. The van der Waals surface area contributed by atoms with E-state index in [0.29, 0.717) is 0 Å². The van der Waals surface area contributed by atoms with E-state index in [4.69, 9.17) is 4.98 Å². The summed E-state index contributed by atoms with van der Waals surface area (Å²) in [4.78, 5) is 9.26. The Balaban J connectivity index is 2.02. The third-order valence-electron chi connectivity index (χ3n) is 4.94. The van der Waals surface area contributed by atoms with E-state index >= 15 is 0 Å². The average Bonchev–Trinajstić information content (AvgIpc) is 3.07. The predicted octanol–water partition coefficient (Wildman–Crippen LogP) is 6.30. The molecule has 3 heteroatoms. The van der Waals surface area contributed by atoms with E-state index in [2.05, 4.69) is 59.6 Å². The van der Waals surface area contributed by atoms with Gasteiger partial charge in [-0.2, -0.15) is 0 Å². The van der Waals surface area contributed by atoms with Crippen LogP contribution in [-0.4, -0.2) is 9.97 Å². The molecule has 0 amide bonds. The van der Waals surface area contributed by atoms with Gasteiger partial charge in [-0.05, 0) is 35.0 Å². The molecule has 0 spiro atoms. The molecule has 0 bridgehead atoms. The highest BCUT2D eigenvalue weighted by atomic mass is 32.1. The second-order valence-corrected chi connectivity index (χ2v) is 7.37. The Kier molecular flexibility index (Phi) is 2.52. The third-order valence-corrected chi connectivity index (χ3v) is 6.03. The molecule has 25 heavy (non-hydrogen) atoms. The van der Waals surface area contributed by atoms with E-state index in [1.807, 2.05) is 29.8 Å². The molecule has 0 N–H and O–H groups in total. The summed E-state index contributed by atoms with van der Waals surface area (Å²) >= 11 is 1.82. The van der Waals surface area contributed by atoms with Gasteiger partial charge in [0.05, 0.1) is 15.7 Å². The Labute approximate surface area is 147 Å². The van der Waals surface area contributed by atoms with Crippen LogP contribution >= 0.6 is 11.3 Å². The minimum Gasteiger partial charge on any atom is -0.256 e. The van der Waals surface area contributed by atoms with Gasteiger partial charge in [0.2, 0.25) is 0 Å². The van der Waals surface area contributed by atoms with Gasteiger partial charge >= 0.3 is 0 Å². The van der Waals surface area contributed by atoms with E-state index in [1.54, 1.807) is 0 Å². The maximum Gasteiger partial charge on any atom is 0.0716 e. The fourth-order valence-corrected chi connectivity index (χ4v) is 4.96. The molecule has 3 heterocycles. The molecule has 0 aliphatic heterocycles. The topological polar surface area (TPSA) is 25.8 Å². The molecule has 0 atom stereocenters. The summed E-state index contributed by atoms with van der Waals surface area (Å²) in [5, 5.41) is 7.61. The van der Waals surface area contributed by atoms with Gasteiger partial charge in [-0.15, -0.1) is 11.3 Å². The summed E-state index contributed by atoms with van der Waals surface area (Å²) in [6, 6.07) is 21.4. The van der Waals surface area contributed by atoms with E-state index in [-0.39, 0.29) is 0 Å². The number of thiophene rings is 1. The van der Waals surface area contributed by atoms with Crippen LogP contribution < -0.4 is 0 Å². The summed E-state index contributed by atoms with van der Waals surface area (Å²) in [5.41, 5.74) is 2.05. The molecule has 0 radical (unpaired) electrons. The van der Waals surface area contributed by atoms with Crippen molar-refractivity contribution in [3.05, 3.63) is 73.1 Å². The van der Waals surface area contributed by atoms with Crippen LogP contribution in [-0.2, 0) is 0 Å². The number of hydrogen-bond donors (Lipinski definition) is 0. The fraction of sp³-hybridized carbons (Fsp3) is 0. The van der Waals surface area contributed by atoms with E-state index in [0.717, 1.165) is 11.0 Å². The minimum atomic E-state index is 1.02. The number of pyridine rings is 2. The SMILES string of the molecule is c1ccc2c(c1)ccc1sc3cnc4ccc5ncccc5c4c3c12. The zero-order valence-corrected chi connectivity index (χ0v) is 14.0. The lowest BCUT2D eigenvalue weighted by Gasteiger charge is -2.06. The zero-order chi connectivity index (χ0) is 16.4. The predicted molar refractivity (Wildman–Crippen MR) is 107 cm³/mol. The Morgan fingerprint density at radius 1 is 0.600 bits per heavy atom. The molecule has 0 unspecified atom stereocenters. The van der Waals surface area contributed by atoms with E-state index < -0.39 is 0 Å². The third kappa shape index (κ3) is 1.73. The van der Waals surface area contributed by atoms with Gasteiger partial charge in [-0.25, -0.2) is 0 Å². The molecule has 3 aromatic carbocycles. The molecule has 2 nitrogen and oxygen atoms in total. The van der Waals surface area contributed by atoms with Crippen molar-refractivity contribution < 1.29 is 0 Å². The summed E-state index contributed by atoms with van der Waals surface area (Å²) in [7, 11) is 0. The Morgan fingerprint density at radius 2 is 1.48 bits per heavy atom. The van der Waals surface area contributed by atoms with Gasteiger partial charge in [-0.3, -0.25) is 9.97 Å². The minimum absolute atomic E-state index is 1.02. The van der Waals surface area contributed by atoms with Gasteiger partial charge in [0.1, 0.15) is 0 Å². The smallest absolute Gasteiger partial charge is 0.0716 e. The lowest BCUT2D eigenvalue weighted by Crippen LogP contribution is -1.84. The quantitative estimate of drug-likeness (QED) is 0.304. The molecule has 0 aliphatic rings. The standard InChI is InChI=1S/C22H12N2S/c1-2-5-14-13(4-1)7-10-18-21(14)22-19(25-18)12-24-17-9-8-16-15(20(17)22)6-3-11-23-16/h1-12H. The number of rotatable bonds is 0. The highest BCUT2D eigenvalue weighted by molar-refractivity contribution is 7.26. The number of nitrogens with zero attached hydrogens (tertiary/aromatic N) is 2. The molecule has 6 rings (SSSR count). The molecule has 0 saturated heterocycles. The summed E-state index contributed by atoms with van der Waals surface area (Å²) in [5.74, 6) is 0. The van der Waals surface area contributed by atoms with Crippen LogP contribution in [0.5, 0.6) is 0 Å². The lowest BCUT2D eigenvalue weighted by atomic mass is 9.99. The van der Waals surface area contributed by atoms with Crippen molar-refractivity contribution in [2.75, 3.05) is 0 Å². The number of fused-ring (bicyclic) bond motifs is 9. The Hall–Kier alpha value is -3.04. The van der Waals surface area contributed by atoms with Crippen LogP contribution in [0.2, 0.25) is 0 Å². The fourth-order valence-electron chi connectivity index (χ4n) is 3.87. The van der Waals surface area contributed by atoms with Crippen molar-refractivity contribution in [3.8, 4) is 0 Å². The molecule has 0 aliphatic carbocycles. The Bertz CT molecular complexity index is 1440. The van der Waals surface area contributed by atoms with E-state index in [9.17, 15) is 0 Å². The first-order valence-corrected chi connectivity index (χ1v) is 9.08. The van der Waals surface area contributed by atoms with Crippen LogP contribution in [0.15, 0.2) is 73.1 Å². The number of aromatic nitrogens is 2. The highest BCUT2D eigenvalue weighted by Crippen LogP contribution is 2.42. The van der Waals surface area contributed by atoms with Crippen molar-refractivity contribution in [2.45, 2.75) is 0 Å². The second kappa shape index (κ2) is 4.74. The van der Waals surface area contributed by atoms with Crippen molar-refractivity contribution in [3.63, 3.8) is 0 Å². The molecular weight excluding hydrogens is 324 g/mol. The first-order valence-electron chi connectivity index (χ1n) is 8.26. The van der Waals surface area contributed by atoms with E-state index in [1.165, 1.54) is 41.7 Å². The first-order chi connectivity index (χ1) is 12.4. The monoisotopic (exact) mass is 336 g/mol. The normalized spacial score (nSPS) is 12.0. The second-order valence-electron chi connectivity index (χ2n) is 6.29. The molecule has 0 fully saturated rings. The average molecular weight is 336 g/mol. The van der Waals surface area contributed by atoms with Crippen LogP contribution in [0.3, 0.4) is 0 Å². The largest absolute Gasteiger partial charge is 0.256 e. The summed E-state index contributed by atoms with van der Waals surface area (Å²) in [6.45, 7) is 0. The van der Waals surface area contributed by atoms with Gasteiger partial charge in [0, 0.05) is 38.6 Å². The number of benzene rings is 3. The molecular formula is C22H12N2S. The van der Waals surface area contributed by atoms with Crippen molar-refractivity contribution >= 4 is 64.1 Å². The van der Waals surface area contributed by atoms with Crippen LogP contribution in [0.4, 0.5) is 0 Å². The van der Waals surface area contributed by atoms with Crippen molar-refractivity contribution in [1.29, 1.82) is 0 Å². The highest BCUT2D eigenvalue weighted by Gasteiger charge is 2.14. The van der Waals surface area contributed by atoms with Gasteiger partial charge < -0.3 is 0 Å². The zero-order valence-electron chi connectivity index (χ0n) is 13.2. The molecule has 3 aromatic heterocycles. The molecule has 116 valence electrons. The van der Waals surface area contributed by atoms with Crippen LogP contribution in [0.1, 0.15) is 0 Å². The van der Waals surface area contributed by atoms with Crippen molar-refractivity contribution in [2.24, 2.45) is 0 Å². The van der Waals surface area contributed by atoms with Crippen LogP contribution in [0.25, 0.3) is 52.8 Å². The van der Waals surface area contributed by atoms with Gasteiger partial charge in [0.15, 0.2) is 0 Å². The lowest BCUT2D eigenvalue weighted by molar-refractivity contribution is 1.41. The molecule has 6 aromatic rings. The van der Waals surface area contributed by atoms with Crippen molar-refractivity contribution in [1.82, 2.24) is 9.97 Å². The van der Waals surface area contributed by atoms with Gasteiger partial charge in [0.25, 0.3) is 0 Å². The first kappa shape index (κ1) is 13.3. The molecule has 0 saturated carbocycles. The summed E-state index contributed by atoms with van der Waals surface area (Å²) in [6.07, 6.45) is 3.86. The maximum atomic E-state index is 4.72. The maximum absolute atomic E-state index is 4.72. The van der Waals surface area contributed by atoms with Crippen LogP contribution in [0, 0.1) is 0 Å².